The highest BCUT2D eigenvalue weighted by atomic mass is 32.3. The summed E-state index contributed by atoms with van der Waals surface area (Å²) in [6.07, 6.45) is -21.1. The first-order valence-electron chi connectivity index (χ1n) is 38.6. The Labute approximate surface area is 709 Å². The molecule has 2 amide bonds. The molecule has 2 aliphatic rings. The molecule has 0 bridgehead atoms. The number of carbonyl (C=O) groups is 2. The van der Waals surface area contributed by atoms with Crippen LogP contribution in [0.4, 0.5) is 11.4 Å². The van der Waals surface area contributed by atoms with E-state index in [-0.39, 0.29) is 166 Å². The fourth-order valence-corrected chi connectivity index (χ4v) is 25.5. The van der Waals surface area contributed by atoms with Crippen molar-refractivity contribution in [2.45, 2.75) is 211 Å². The molecule has 0 unspecified atom stereocenters. The largest absolute Gasteiger partial charge is 0.464 e. The van der Waals surface area contributed by atoms with Crippen LogP contribution in [0.1, 0.15) is 125 Å². The first-order chi connectivity index (χ1) is 54.7. The molecule has 0 radical (unpaired) electrons. The predicted molar refractivity (Wildman–Crippen MR) is 432 cm³/mol. The molecule has 0 saturated carbocycles. The van der Waals surface area contributed by atoms with Crippen LogP contribution < -0.4 is 10.6 Å². The Kier molecular flexibility index (Phi) is 37.8. The van der Waals surface area contributed by atoms with Gasteiger partial charge in [-0.3, -0.25) is 63.9 Å². The zero-order valence-corrected chi connectivity index (χ0v) is 78.0. The van der Waals surface area contributed by atoms with Gasteiger partial charge in [0.25, 0.3) is 0 Å². The molecule has 0 spiro atoms. The number of quaternary nitrogens is 6. The predicted octanol–water partition coefficient (Wildman–Crippen LogP) is 4.01. The Hall–Kier alpha value is -3.28. The minimum Gasteiger partial charge on any atom is -0.356 e. The van der Waals surface area contributed by atoms with Gasteiger partial charge in [0.15, 0.2) is 0 Å². The lowest BCUT2D eigenvalue weighted by Crippen LogP contribution is -3.10. The van der Waals surface area contributed by atoms with E-state index in [1.807, 2.05) is 83.1 Å². The fourth-order valence-electron chi connectivity index (χ4n) is 19.5. The maximum atomic E-state index is 19.1. The van der Waals surface area contributed by atoms with Crippen molar-refractivity contribution in [3.05, 3.63) is 48.5 Å². The van der Waals surface area contributed by atoms with Crippen LogP contribution in [0, 0.1) is 0 Å². The van der Waals surface area contributed by atoms with E-state index in [4.69, 9.17) is 17.8 Å². The summed E-state index contributed by atoms with van der Waals surface area (Å²) < 4.78 is 326. The molecule has 4 rings (SSSR count). The van der Waals surface area contributed by atoms with Crippen molar-refractivity contribution >= 4 is 130 Å². The van der Waals surface area contributed by atoms with Crippen molar-refractivity contribution in [2.24, 2.45) is 0 Å². The zero-order chi connectivity index (χ0) is 91.4. The molecule has 119 heavy (non-hydrogen) atoms. The molecule has 0 aliphatic carbocycles. The number of carbonyl (C=O) groups excluding carboxylic acids is 2. The molecule has 2 aliphatic heterocycles. The fraction of sp³-hybridized carbons (Fsp3) is 0.785. The molecule has 2 aromatic rings. The van der Waals surface area contributed by atoms with Crippen LogP contribution in [0.25, 0.3) is 0 Å². The molecule has 10 N–H and O–H groups in total. The Morgan fingerprint density at radius 3 is 0.689 bits per heavy atom. The van der Waals surface area contributed by atoms with E-state index in [1.54, 1.807) is 0 Å². The first kappa shape index (κ1) is 108. The van der Waals surface area contributed by atoms with Crippen LogP contribution in [0.3, 0.4) is 0 Å². The van der Waals surface area contributed by atoms with Crippen molar-refractivity contribution in [1.82, 2.24) is 0 Å². The van der Waals surface area contributed by atoms with E-state index in [2.05, 4.69) is 77.3 Å². The summed E-state index contributed by atoms with van der Waals surface area (Å²) in [5.41, 5.74) is -9.91. The van der Waals surface area contributed by atoms with Crippen LogP contribution in [0.5, 0.6) is 0 Å². The lowest BCUT2D eigenvalue weighted by Gasteiger charge is -2.75. The van der Waals surface area contributed by atoms with Crippen LogP contribution in [-0.2, 0) is 136 Å². The minimum absolute atomic E-state index is 0.00381. The van der Waals surface area contributed by atoms with E-state index in [0.717, 1.165) is 0 Å². The van der Waals surface area contributed by atoms with Gasteiger partial charge in [-0.1, -0.05) is 23.5 Å². The topological polar surface area (TPSA) is 585 Å². The highest BCUT2D eigenvalue weighted by Gasteiger charge is 3.06. The Balaban J connectivity index is 2.44. The summed E-state index contributed by atoms with van der Waals surface area (Å²) in [7, 11) is -46.1. The van der Waals surface area contributed by atoms with Crippen molar-refractivity contribution < 1.29 is 183 Å². The maximum Gasteiger partial charge on any atom is 0.464 e. The quantitative estimate of drug-likeness (QED) is 0.0254. The third-order valence-corrected chi connectivity index (χ3v) is 30.7. The van der Waals surface area contributed by atoms with Gasteiger partial charge in [0.2, 0.25) is 0 Å². The summed E-state index contributed by atoms with van der Waals surface area (Å²) in [6.45, 7) is 38.2. The number of nitrogens with one attached hydrogen (secondary N) is 2. The second kappa shape index (κ2) is 41.7. The number of likely N-dealkylation sites (N-methyl/N-ethyl adjacent to an activating group) is 6. The second-order valence-electron chi connectivity index (χ2n) is 28.2. The van der Waals surface area contributed by atoms with Crippen LogP contribution in [0.2, 0.25) is 0 Å². The molecule has 692 valence electrons. The van der Waals surface area contributed by atoms with Crippen LogP contribution in [-0.4, -0.2) is 350 Å². The lowest BCUT2D eigenvalue weighted by atomic mass is 9.63. The third-order valence-electron chi connectivity index (χ3n) is 24.7. The highest BCUT2D eigenvalue weighted by Crippen LogP contribution is 2.65. The highest BCUT2D eigenvalue weighted by molar-refractivity contribution is 8.00. The molecule has 0 aromatic heterocycles. The normalized spacial score (nSPS) is 21.9. The van der Waals surface area contributed by atoms with Gasteiger partial charge in [0.05, 0.1) is 131 Å². The Morgan fingerprint density at radius 1 is 0.311 bits per heavy atom. The number of ether oxygens (including phenoxy) is 2. The van der Waals surface area contributed by atoms with E-state index in [1.165, 1.54) is 48.5 Å². The number of thioether (sulfide) groups is 2. The smallest absolute Gasteiger partial charge is 0.356 e. The van der Waals surface area contributed by atoms with Gasteiger partial charge >= 0.3 is 112 Å². The number of amides is 2. The van der Waals surface area contributed by atoms with Crippen molar-refractivity contribution in [3.8, 4) is 0 Å². The monoisotopic (exact) mass is 1910 g/mol. The average molecular weight is 1910 g/mol. The molecule has 10 atom stereocenters. The van der Waals surface area contributed by atoms with Gasteiger partial charge in [-0.05, 0) is 173 Å². The maximum absolute atomic E-state index is 19.1. The number of benzene rings is 2. The third kappa shape index (κ3) is 22.8. The molecule has 2 fully saturated rings. The van der Waals surface area contributed by atoms with Gasteiger partial charge < -0.3 is 20.1 Å². The van der Waals surface area contributed by atoms with Crippen LogP contribution >= 0.6 is 23.5 Å². The molecule has 2 saturated heterocycles. The van der Waals surface area contributed by atoms with Gasteiger partial charge in [0, 0.05) is 21.2 Å². The summed E-state index contributed by atoms with van der Waals surface area (Å²) >= 11 is 0.844. The summed E-state index contributed by atoms with van der Waals surface area (Å²) in [5.74, 6) is -1.10. The summed E-state index contributed by atoms with van der Waals surface area (Å²) in [4.78, 5) is 38.1. The summed E-state index contributed by atoms with van der Waals surface area (Å²) in [6, 6.07) is 11.2. The van der Waals surface area contributed by atoms with Crippen molar-refractivity contribution in [3.63, 3.8) is 0 Å². The SMILES string of the molecule is CC[N+](CC)(CC)C(C(=O)Nc1ccc(S[C@@H]2O[C@H](COS(=O)(=O)O)[C@@H](OS(=O)(=O)O)[C@H](OS(=O)(=O)O)[C@H]2OS(=O)(=O)O)cc1)(C(C(C(=O)Nc1ccc(S[C@@H]2O[C@H](COS(=O)(=O)O)[C@@H](OS(=O)(=O)O)[C@H](OS(=O)(=O)O)[C@H]2OS(=O)(=O)O)cc1)([N+](CC)(CC)CC)[N+](CC)(CC)CC)([N+](CC)(CC)CC)[N+](CC)(CC)CC)[N+](CC)(CC)CC. The minimum atomic E-state index is -5.89. The molecule has 44 nitrogen and oxygen atoms in total. The Morgan fingerprint density at radius 2 is 0.504 bits per heavy atom. The average Bonchev–Trinajstić information content (AvgIpc) is 0.619. The van der Waals surface area contributed by atoms with Gasteiger partial charge in [-0.2, -0.15) is 67.3 Å². The van der Waals surface area contributed by atoms with E-state index >= 15 is 9.59 Å². The first-order valence-corrected chi connectivity index (χ1v) is 51.3. The van der Waals surface area contributed by atoms with Gasteiger partial charge in [-0.25, -0.2) is 42.4 Å². The number of rotatable bonds is 52. The van der Waals surface area contributed by atoms with E-state index in [9.17, 15) is 104 Å². The van der Waals surface area contributed by atoms with E-state index < -0.39 is 185 Å². The van der Waals surface area contributed by atoms with E-state index in [0.29, 0.717) is 23.5 Å². The van der Waals surface area contributed by atoms with Crippen LogP contribution in [0.15, 0.2) is 58.3 Å². The van der Waals surface area contributed by atoms with Gasteiger partial charge in [-0.15, -0.1) is 0 Å². The second-order valence-corrected chi connectivity index (χ2v) is 39.0. The number of hydrogen-bond donors (Lipinski definition) is 10. The number of hydrogen-bond acceptors (Lipinski definition) is 30. The summed E-state index contributed by atoms with van der Waals surface area (Å²) in [5, 5.41) is 7.00. The lowest BCUT2D eigenvalue weighted by molar-refractivity contribution is -1.31. The van der Waals surface area contributed by atoms with Crippen molar-refractivity contribution in [2.75, 3.05) is 142 Å². The molecule has 2 aromatic carbocycles. The molecular weight excluding hydrogens is 1790 g/mol. The number of anilines is 2. The molecule has 2 heterocycles. The van der Waals surface area contributed by atoms with Gasteiger partial charge in [0.1, 0.15) is 59.7 Å². The standard InChI is InChI=1S/C65H116N8O36S10/c1-19-68(20-2,21-3)63(69(22-4,23-5)24-6,61(74)66-47-37-41-49(42-38-47)110-59-57(108-118(94,95)96)55(106-116(88,89)90)53(104-114(82,83)84)51(102-59)45-100-112(76,77)78)65(72(31-13,32-14)33-15,73(34-16,35-17)36-18)64(70(25-7,26-8)27-9,71(28-10,29-11)30-12)62(75)67-48-39-43-50(44-40-48)111-60-58(109-119(97,98)99)56(107-117(91,92)93)54(105-115(85,86)87)52(103-60)46-101-113(79,80)81/h37-44,51-60H,19-36,45-46H2,1-18H3,(H4-6,66,67,74,75,76,77,78,79,80,81,82,83,84,85,86,87,88,89,90,91,92,93,94,95,96,97,98,99)/p+6/t51-,52-,53-,54-,55+,56+,57-,58-,59+,60+/m1/s1. The molecular formula is C65H122N8O36S10+6. The molecule has 54 heteroatoms. The van der Waals surface area contributed by atoms with Crippen molar-refractivity contribution in [1.29, 1.82) is 0 Å². The number of nitrogens with zero attached hydrogens (tertiary/aromatic N) is 6. The zero-order valence-electron chi connectivity index (χ0n) is 69.8. The Bertz CT molecular complexity index is 4290.